The lowest BCUT2D eigenvalue weighted by atomic mass is 10.2. The first kappa shape index (κ1) is 18.6. The highest BCUT2D eigenvalue weighted by molar-refractivity contribution is 7.80. The monoisotopic (exact) mass is 379 g/mol. The van der Waals surface area contributed by atoms with Crippen molar-refractivity contribution in [3.63, 3.8) is 0 Å². The van der Waals surface area contributed by atoms with Crippen LogP contribution in [0.5, 0.6) is 0 Å². The van der Waals surface area contributed by atoms with E-state index in [2.05, 4.69) is 15.5 Å². The second kappa shape index (κ2) is 8.46. The van der Waals surface area contributed by atoms with Gasteiger partial charge in [0.05, 0.1) is 17.5 Å². The third kappa shape index (κ3) is 4.51. The molecular formula is C20H21N5OS. The molecule has 0 spiro atoms. The molecular weight excluding hydrogens is 358 g/mol. The van der Waals surface area contributed by atoms with Crippen molar-refractivity contribution >= 4 is 23.5 Å². The first-order valence-corrected chi connectivity index (χ1v) is 8.93. The van der Waals surface area contributed by atoms with Gasteiger partial charge in [-0.05, 0) is 36.8 Å². The molecule has 0 fully saturated rings. The average Bonchev–Trinajstić information content (AvgIpc) is 2.99. The summed E-state index contributed by atoms with van der Waals surface area (Å²) < 4.78 is 1.50. The molecule has 0 aliphatic heterocycles. The lowest BCUT2D eigenvalue weighted by Gasteiger charge is -2.15. The molecule has 0 aliphatic rings. The van der Waals surface area contributed by atoms with Gasteiger partial charge in [-0.25, -0.2) is 9.69 Å². The van der Waals surface area contributed by atoms with E-state index in [9.17, 15) is 4.79 Å². The third-order valence-electron chi connectivity index (χ3n) is 4.07. The van der Waals surface area contributed by atoms with Crippen LogP contribution in [0.2, 0.25) is 0 Å². The van der Waals surface area contributed by atoms with Crippen LogP contribution in [0.25, 0.3) is 5.69 Å². The predicted molar refractivity (Wildman–Crippen MR) is 112 cm³/mol. The van der Waals surface area contributed by atoms with Crippen LogP contribution in [-0.2, 0) is 6.54 Å². The number of hydrogen-bond acceptors (Lipinski definition) is 3. The van der Waals surface area contributed by atoms with E-state index in [-0.39, 0.29) is 5.56 Å². The summed E-state index contributed by atoms with van der Waals surface area (Å²) in [5.74, 6) is 0. The molecule has 0 atom stereocenters. The number of para-hydroxylation sites is 1. The van der Waals surface area contributed by atoms with E-state index in [4.69, 9.17) is 12.2 Å². The molecule has 0 unspecified atom stereocenters. The van der Waals surface area contributed by atoms with E-state index >= 15 is 0 Å². The number of rotatable bonds is 5. The molecule has 7 heteroatoms. The largest absolute Gasteiger partial charge is 0.357 e. The zero-order chi connectivity index (χ0) is 19.2. The molecule has 2 aromatic carbocycles. The first-order chi connectivity index (χ1) is 13.1. The zero-order valence-corrected chi connectivity index (χ0v) is 16.0. The molecule has 0 bridgehead atoms. The molecule has 1 aromatic heterocycles. The number of aromatic nitrogens is 2. The van der Waals surface area contributed by atoms with E-state index in [0.717, 1.165) is 16.9 Å². The topological polar surface area (TPSA) is 65.4 Å². The molecule has 0 amide bonds. The Morgan fingerprint density at radius 2 is 1.81 bits per heavy atom. The number of benzene rings is 2. The Balaban J connectivity index is 1.69. The average molecular weight is 379 g/mol. The van der Waals surface area contributed by atoms with Gasteiger partial charge in [0.1, 0.15) is 0 Å². The van der Waals surface area contributed by atoms with Crippen molar-refractivity contribution in [3.05, 3.63) is 87.8 Å². The van der Waals surface area contributed by atoms with E-state index in [1.165, 1.54) is 15.9 Å². The Morgan fingerprint density at radius 3 is 2.48 bits per heavy atom. The van der Waals surface area contributed by atoms with Crippen LogP contribution >= 0.6 is 12.2 Å². The van der Waals surface area contributed by atoms with Gasteiger partial charge in [-0.3, -0.25) is 9.89 Å². The molecule has 0 radical (unpaired) electrons. The highest BCUT2D eigenvalue weighted by atomic mass is 32.1. The van der Waals surface area contributed by atoms with Crippen LogP contribution in [0.3, 0.4) is 0 Å². The Bertz CT molecular complexity index is 992. The van der Waals surface area contributed by atoms with E-state index in [1.54, 1.807) is 7.05 Å². The summed E-state index contributed by atoms with van der Waals surface area (Å²) in [5, 5.41) is 12.5. The minimum absolute atomic E-state index is 0.154. The maximum atomic E-state index is 12.7. The van der Waals surface area contributed by atoms with Crippen molar-refractivity contribution in [2.24, 2.45) is 5.10 Å². The van der Waals surface area contributed by atoms with Crippen molar-refractivity contribution in [1.82, 2.24) is 20.1 Å². The smallest absolute Gasteiger partial charge is 0.280 e. The van der Waals surface area contributed by atoms with Gasteiger partial charge in [-0.1, -0.05) is 48.5 Å². The fourth-order valence-corrected chi connectivity index (χ4v) is 2.67. The number of hydrazone groups is 1. The van der Waals surface area contributed by atoms with Crippen LogP contribution in [-0.4, -0.2) is 33.2 Å². The normalized spacial score (nSPS) is 10.9. The molecule has 0 aliphatic carbocycles. The standard InChI is InChI=1S/C20H21N5OS/c1-15-18(19(26)25(23-15)17-11-7-4-8-12-17)14-22-24(2)20(27)21-13-16-9-5-3-6-10-16/h3-12,14,23H,13H2,1-2H3,(H,21,27)/b22-14-. The van der Waals surface area contributed by atoms with Crippen LogP contribution < -0.4 is 10.9 Å². The molecule has 0 saturated carbocycles. The Hall–Kier alpha value is -3.19. The lowest BCUT2D eigenvalue weighted by Crippen LogP contribution is -2.33. The quantitative estimate of drug-likeness (QED) is 0.406. The Morgan fingerprint density at radius 1 is 1.19 bits per heavy atom. The van der Waals surface area contributed by atoms with Gasteiger partial charge >= 0.3 is 0 Å². The fourth-order valence-electron chi connectivity index (χ4n) is 2.56. The zero-order valence-electron chi connectivity index (χ0n) is 15.2. The maximum absolute atomic E-state index is 12.7. The summed E-state index contributed by atoms with van der Waals surface area (Å²) in [6.45, 7) is 2.46. The third-order valence-corrected chi connectivity index (χ3v) is 4.48. The number of nitrogens with zero attached hydrogens (tertiary/aromatic N) is 3. The summed E-state index contributed by atoms with van der Waals surface area (Å²) >= 11 is 5.35. The summed E-state index contributed by atoms with van der Waals surface area (Å²) in [4.78, 5) is 12.7. The Labute approximate surface area is 163 Å². The van der Waals surface area contributed by atoms with Crippen LogP contribution in [0.15, 0.2) is 70.6 Å². The lowest BCUT2D eigenvalue weighted by molar-refractivity contribution is 0.532. The van der Waals surface area contributed by atoms with Crippen LogP contribution in [0.4, 0.5) is 0 Å². The van der Waals surface area contributed by atoms with Crippen molar-refractivity contribution in [2.45, 2.75) is 13.5 Å². The summed E-state index contributed by atoms with van der Waals surface area (Å²) in [6.07, 6.45) is 1.53. The fraction of sp³-hybridized carbons (Fsp3) is 0.150. The predicted octanol–water partition coefficient (Wildman–Crippen LogP) is 2.81. The highest BCUT2D eigenvalue weighted by Crippen LogP contribution is 2.06. The second-order valence-corrected chi connectivity index (χ2v) is 6.43. The molecule has 27 heavy (non-hydrogen) atoms. The van der Waals surface area contributed by atoms with Crippen molar-refractivity contribution < 1.29 is 0 Å². The molecule has 138 valence electrons. The molecule has 3 rings (SSSR count). The summed E-state index contributed by atoms with van der Waals surface area (Å²) in [7, 11) is 1.74. The number of aryl methyl sites for hydroxylation is 1. The number of H-pyrrole nitrogens is 1. The van der Waals surface area contributed by atoms with Gasteiger partial charge in [-0.15, -0.1) is 0 Å². The van der Waals surface area contributed by atoms with Gasteiger partial charge < -0.3 is 5.32 Å². The number of nitrogens with one attached hydrogen (secondary N) is 2. The van der Waals surface area contributed by atoms with E-state index < -0.39 is 0 Å². The molecule has 3 aromatic rings. The van der Waals surface area contributed by atoms with Crippen LogP contribution in [0, 0.1) is 6.92 Å². The van der Waals surface area contributed by atoms with Gasteiger partial charge in [0.25, 0.3) is 5.56 Å². The SMILES string of the molecule is Cc1[nH]n(-c2ccccc2)c(=O)c1/C=N\N(C)C(=S)NCc1ccccc1. The van der Waals surface area contributed by atoms with Crippen molar-refractivity contribution in [3.8, 4) is 5.69 Å². The summed E-state index contributed by atoms with van der Waals surface area (Å²) in [5.41, 5.74) is 2.99. The van der Waals surface area contributed by atoms with Gasteiger partial charge in [0.15, 0.2) is 5.11 Å². The highest BCUT2D eigenvalue weighted by Gasteiger charge is 2.11. The van der Waals surface area contributed by atoms with Crippen LogP contribution in [0.1, 0.15) is 16.8 Å². The first-order valence-electron chi connectivity index (χ1n) is 8.53. The number of hydrogen-bond donors (Lipinski definition) is 2. The molecule has 0 saturated heterocycles. The molecule has 6 nitrogen and oxygen atoms in total. The minimum atomic E-state index is -0.154. The molecule has 2 N–H and O–H groups in total. The van der Waals surface area contributed by atoms with Gasteiger partial charge in [0.2, 0.25) is 0 Å². The van der Waals surface area contributed by atoms with E-state index in [0.29, 0.717) is 17.2 Å². The molecule has 1 heterocycles. The van der Waals surface area contributed by atoms with Gasteiger partial charge in [-0.2, -0.15) is 5.10 Å². The second-order valence-electron chi connectivity index (χ2n) is 6.04. The summed E-state index contributed by atoms with van der Waals surface area (Å²) in [6, 6.07) is 19.4. The Kier molecular flexibility index (Phi) is 5.83. The van der Waals surface area contributed by atoms with Gasteiger partial charge in [0, 0.05) is 19.3 Å². The van der Waals surface area contributed by atoms with E-state index in [1.807, 2.05) is 67.6 Å². The minimum Gasteiger partial charge on any atom is -0.357 e. The van der Waals surface area contributed by atoms with Crippen molar-refractivity contribution in [2.75, 3.05) is 7.05 Å². The number of aromatic amines is 1. The number of thiocarbonyl (C=S) groups is 1. The maximum Gasteiger partial charge on any atom is 0.280 e. The van der Waals surface area contributed by atoms with Crippen molar-refractivity contribution in [1.29, 1.82) is 0 Å².